The van der Waals surface area contributed by atoms with Crippen molar-refractivity contribution >= 4 is 43.5 Å². The third-order valence-corrected chi connectivity index (χ3v) is 9.73. The SMILES string of the molecule is COc1ccc(N(CC(=O)N(Cc2cccc(Br)c2)[C@@H](Cc2ccccc2)C(=O)NCC(C)C)S(=O)(=O)c2ccc(C)cc2)cc1. The Hall–Kier alpha value is -4.15. The fraction of sp³-hybridized carbons (Fsp3) is 0.278. The topological polar surface area (TPSA) is 96.0 Å². The first-order valence-corrected chi connectivity index (χ1v) is 17.3. The Balaban J connectivity index is 1.80. The monoisotopic (exact) mass is 705 g/mol. The number of methoxy groups -OCH3 is 1. The van der Waals surface area contributed by atoms with Crippen LogP contribution in [-0.4, -0.2) is 51.4 Å². The van der Waals surface area contributed by atoms with Crippen molar-refractivity contribution in [2.75, 3.05) is 24.5 Å². The number of hydrogen-bond acceptors (Lipinski definition) is 5. The summed E-state index contributed by atoms with van der Waals surface area (Å²) in [4.78, 5) is 30.0. The molecule has 0 aromatic heterocycles. The van der Waals surface area contributed by atoms with Crippen molar-refractivity contribution in [1.29, 1.82) is 0 Å². The Morgan fingerprint density at radius 3 is 2.13 bits per heavy atom. The van der Waals surface area contributed by atoms with Gasteiger partial charge in [0.1, 0.15) is 18.3 Å². The van der Waals surface area contributed by atoms with E-state index in [9.17, 15) is 18.0 Å². The predicted molar refractivity (Wildman–Crippen MR) is 185 cm³/mol. The Kier molecular flexibility index (Phi) is 12.0. The zero-order valence-corrected chi connectivity index (χ0v) is 28.9. The molecule has 0 spiro atoms. The number of carbonyl (C=O) groups excluding carboxylic acids is 2. The Morgan fingerprint density at radius 2 is 1.52 bits per heavy atom. The van der Waals surface area contributed by atoms with Crippen LogP contribution in [-0.2, 0) is 32.6 Å². The molecular formula is C36H40BrN3O5S. The van der Waals surface area contributed by atoms with Crippen molar-refractivity contribution in [3.63, 3.8) is 0 Å². The molecule has 0 fully saturated rings. The zero-order valence-electron chi connectivity index (χ0n) is 26.5. The number of anilines is 1. The van der Waals surface area contributed by atoms with E-state index in [1.807, 2.05) is 75.4 Å². The summed E-state index contributed by atoms with van der Waals surface area (Å²) in [6.45, 7) is 5.87. The average Bonchev–Trinajstić information content (AvgIpc) is 3.04. The number of hydrogen-bond donors (Lipinski definition) is 1. The molecule has 10 heteroatoms. The molecule has 8 nitrogen and oxygen atoms in total. The van der Waals surface area contributed by atoms with E-state index in [4.69, 9.17) is 4.74 Å². The standard InChI is InChI=1S/C36H40BrN3O5S/c1-26(2)23-38-36(42)34(22-28-9-6-5-7-10-28)39(24-29-11-8-12-30(37)21-29)35(41)25-40(31-15-17-32(45-4)18-16-31)46(43,44)33-19-13-27(3)14-20-33/h5-21,26,34H,22-25H2,1-4H3,(H,38,42)/t34-/m0/s1. The summed E-state index contributed by atoms with van der Waals surface area (Å²) in [7, 11) is -2.66. The maximum Gasteiger partial charge on any atom is 0.264 e. The molecular weight excluding hydrogens is 666 g/mol. The zero-order chi connectivity index (χ0) is 33.3. The Labute approximate surface area is 280 Å². The van der Waals surface area contributed by atoms with Crippen LogP contribution in [0, 0.1) is 12.8 Å². The lowest BCUT2D eigenvalue weighted by Gasteiger charge is -2.34. The molecule has 0 unspecified atom stereocenters. The first-order valence-electron chi connectivity index (χ1n) is 15.1. The van der Waals surface area contributed by atoms with Crippen LogP contribution in [0.4, 0.5) is 5.69 Å². The molecule has 1 atom stereocenters. The van der Waals surface area contributed by atoms with E-state index in [0.717, 1.165) is 25.5 Å². The minimum absolute atomic E-state index is 0.0516. The van der Waals surface area contributed by atoms with Gasteiger partial charge >= 0.3 is 0 Å². The molecule has 0 aliphatic heterocycles. The van der Waals surface area contributed by atoms with Gasteiger partial charge in [0.15, 0.2) is 0 Å². The van der Waals surface area contributed by atoms with Crippen LogP contribution in [0.3, 0.4) is 0 Å². The summed E-state index contributed by atoms with van der Waals surface area (Å²) < 4.78 is 35.5. The van der Waals surface area contributed by atoms with E-state index in [0.29, 0.717) is 18.0 Å². The Bertz CT molecular complexity index is 1710. The molecule has 2 amide bonds. The minimum Gasteiger partial charge on any atom is -0.497 e. The lowest BCUT2D eigenvalue weighted by molar-refractivity contribution is -0.140. The molecule has 0 bridgehead atoms. The van der Waals surface area contributed by atoms with E-state index in [-0.39, 0.29) is 29.7 Å². The summed E-state index contributed by atoms with van der Waals surface area (Å²) in [5.74, 6) is -0.0880. The number of ether oxygens (including phenoxy) is 1. The molecule has 46 heavy (non-hydrogen) atoms. The van der Waals surface area contributed by atoms with Crippen LogP contribution in [0.25, 0.3) is 0 Å². The molecule has 4 aromatic rings. The van der Waals surface area contributed by atoms with Gasteiger partial charge in [0.25, 0.3) is 10.0 Å². The highest BCUT2D eigenvalue weighted by Crippen LogP contribution is 2.27. The summed E-state index contributed by atoms with van der Waals surface area (Å²) >= 11 is 3.51. The number of carbonyl (C=O) groups is 2. The lowest BCUT2D eigenvalue weighted by atomic mass is 10.0. The highest BCUT2D eigenvalue weighted by Gasteiger charge is 2.34. The van der Waals surface area contributed by atoms with Crippen LogP contribution in [0.2, 0.25) is 0 Å². The smallest absolute Gasteiger partial charge is 0.264 e. The van der Waals surface area contributed by atoms with Gasteiger partial charge in [0.05, 0.1) is 17.7 Å². The molecule has 4 aromatic carbocycles. The first-order chi connectivity index (χ1) is 22.0. The van der Waals surface area contributed by atoms with Crippen molar-refractivity contribution < 1.29 is 22.7 Å². The van der Waals surface area contributed by atoms with Gasteiger partial charge in [0, 0.05) is 24.0 Å². The maximum atomic E-state index is 14.5. The van der Waals surface area contributed by atoms with Crippen molar-refractivity contribution in [3.05, 3.63) is 124 Å². The number of sulfonamides is 1. The van der Waals surface area contributed by atoms with Gasteiger partial charge in [-0.1, -0.05) is 89.9 Å². The van der Waals surface area contributed by atoms with Crippen LogP contribution < -0.4 is 14.4 Å². The van der Waals surface area contributed by atoms with E-state index in [1.165, 1.54) is 24.1 Å². The van der Waals surface area contributed by atoms with E-state index >= 15 is 0 Å². The van der Waals surface area contributed by atoms with Crippen molar-refractivity contribution in [3.8, 4) is 5.75 Å². The highest BCUT2D eigenvalue weighted by molar-refractivity contribution is 9.10. The molecule has 0 saturated heterocycles. The van der Waals surface area contributed by atoms with E-state index in [1.54, 1.807) is 36.4 Å². The Morgan fingerprint density at radius 1 is 0.870 bits per heavy atom. The number of benzene rings is 4. The van der Waals surface area contributed by atoms with Gasteiger partial charge in [-0.15, -0.1) is 0 Å². The second-order valence-electron chi connectivity index (χ2n) is 11.5. The maximum absolute atomic E-state index is 14.5. The van der Waals surface area contributed by atoms with Gasteiger partial charge < -0.3 is 15.0 Å². The second-order valence-corrected chi connectivity index (χ2v) is 14.3. The number of nitrogens with one attached hydrogen (secondary N) is 1. The molecule has 1 N–H and O–H groups in total. The lowest BCUT2D eigenvalue weighted by Crippen LogP contribution is -2.53. The number of nitrogens with zero attached hydrogens (tertiary/aromatic N) is 2. The summed E-state index contributed by atoms with van der Waals surface area (Å²) in [5.41, 5.74) is 2.86. The third kappa shape index (κ3) is 9.20. The predicted octanol–water partition coefficient (Wildman–Crippen LogP) is 6.37. The van der Waals surface area contributed by atoms with Gasteiger partial charge in [-0.25, -0.2) is 8.42 Å². The molecule has 242 valence electrons. The normalized spacial score (nSPS) is 12.0. The number of amides is 2. The number of halogens is 1. The molecule has 0 heterocycles. The highest BCUT2D eigenvalue weighted by atomic mass is 79.9. The van der Waals surface area contributed by atoms with Gasteiger partial charge in [-0.05, 0) is 72.5 Å². The van der Waals surface area contributed by atoms with Crippen molar-refractivity contribution in [2.24, 2.45) is 5.92 Å². The fourth-order valence-electron chi connectivity index (χ4n) is 4.92. The molecule has 0 aliphatic carbocycles. The van der Waals surface area contributed by atoms with Gasteiger partial charge in [-0.2, -0.15) is 0 Å². The van der Waals surface area contributed by atoms with E-state index in [2.05, 4.69) is 21.2 Å². The molecule has 4 rings (SSSR count). The largest absolute Gasteiger partial charge is 0.497 e. The van der Waals surface area contributed by atoms with Crippen LogP contribution >= 0.6 is 15.9 Å². The number of rotatable bonds is 14. The second kappa shape index (κ2) is 15.9. The quantitative estimate of drug-likeness (QED) is 0.164. The van der Waals surface area contributed by atoms with Crippen molar-refractivity contribution in [1.82, 2.24) is 10.2 Å². The van der Waals surface area contributed by atoms with E-state index < -0.39 is 28.5 Å². The summed E-state index contributed by atoms with van der Waals surface area (Å²) in [6.07, 6.45) is 0.248. The third-order valence-electron chi connectivity index (χ3n) is 7.45. The van der Waals surface area contributed by atoms with Crippen LogP contribution in [0.5, 0.6) is 5.75 Å². The first kappa shape index (κ1) is 34.7. The van der Waals surface area contributed by atoms with Gasteiger partial charge in [-0.3, -0.25) is 13.9 Å². The number of aryl methyl sites for hydroxylation is 1. The van der Waals surface area contributed by atoms with Crippen molar-refractivity contribution in [2.45, 2.75) is 44.7 Å². The molecule has 0 aliphatic rings. The van der Waals surface area contributed by atoms with Gasteiger partial charge in [0.2, 0.25) is 11.8 Å². The minimum atomic E-state index is -4.19. The van der Waals surface area contributed by atoms with Crippen LogP contribution in [0.1, 0.15) is 30.5 Å². The molecule has 0 radical (unpaired) electrons. The average molecular weight is 707 g/mol. The molecule has 0 saturated carbocycles. The van der Waals surface area contributed by atoms with Crippen LogP contribution in [0.15, 0.2) is 112 Å². The summed E-state index contributed by atoms with van der Waals surface area (Å²) in [5, 5.41) is 3.01. The fourth-order valence-corrected chi connectivity index (χ4v) is 6.78. The summed E-state index contributed by atoms with van der Waals surface area (Å²) in [6, 6.07) is 29.1.